The summed E-state index contributed by atoms with van der Waals surface area (Å²) in [5, 5.41) is 11.2. The summed E-state index contributed by atoms with van der Waals surface area (Å²) in [6, 6.07) is 8.83. The topological polar surface area (TPSA) is 75.6 Å². The van der Waals surface area contributed by atoms with Crippen LogP contribution >= 0.6 is 0 Å². The predicted molar refractivity (Wildman–Crippen MR) is 71.1 cm³/mol. The molecule has 0 saturated carbocycles. The van der Waals surface area contributed by atoms with Gasteiger partial charge < -0.3 is 15.2 Å². The van der Waals surface area contributed by atoms with Crippen molar-refractivity contribution in [2.24, 2.45) is 5.92 Å². The van der Waals surface area contributed by atoms with Crippen LogP contribution in [0.5, 0.6) is 5.75 Å². The van der Waals surface area contributed by atoms with Crippen LogP contribution in [-0.2, 0) is 4.79 Å². The van der Waals surface area contributed by atoms with Gasteiger partial charge in [0.05, 0.1) is 0 Å². The molecule has 0 aliphatic rings. The monoisotopic (exact) mass is 265 g/mol. The van der Waals surface area contributed by atoms with E-state index in [9.17, 15) is 9.59 Å². The Hall–Kier alpha value is -2.04. The van der Waals surface area contributed by atoms with Gasteiger partial charge in [0.1, 0.15) is 5.75 Å². The van der Waals surface area contributed by atoms with Crippen LogP contribution in [0.2, 0.25) is 0 Å². The molecule has 2 N–H and O–H groups in total. The quantitative estimate of drug-likeness (QED) is 0.794. The Labute approximate surface area is 112 Å². The van der Waals surface area contributed by atoms with E-state index >= 15 is 0 Å². The molecule has 1 aromatic carbocycles. The maximum atomic E-state index is 11.4. The minimum Gasteiger partial charge on any atom is -0.481 e. The zero-order valence-corrected chi connectivity index (χ0v) is 11.0. The first kappa shape index (κ1) is 15.0. The number of carbonyl (C=O) groups excluding carboxylic acids is 1. The average molecular weight is 265 g/mol. The second-order valence-corrected chi connectivity index (χ2v) is 4.46. The van der Waals surface area contributed by atoms with Gasteiger partial charge in [0, 0.05) is 13.0 Å². The van der Waals surface area contributed by atoms with E-state index in [-0.39, 0.29) is 12.3 Å². The number of rotatable bonds is 7. The smallest absolute Gasteiger partial charge is 0.412 e. The van der Waals surface area contributed by atoms with Gasteiger partial charge in [0.25, 0.3) is 0 Å². The van der Waals surface area contributed by atoms with Crippen molar-refractivity contribution < 1.29 is 19.4 Å². The van der Waals surface area contributed by atoms with Gasteiger partial charge in [0.2, 0.25) is 0 Å². The average Bonchev–Trinajstić information content (AvgIpc) is 2.37. The Morgan fingerprint density at radius 1 is 1.26 bits per heavy atom. The maximum Gasteiger partial charge on any atom is 0.412 e. The first-order valence-electron chi connectivity index (χ1n) is 6.30. The van der Waals surface area contributed by atoms with Crippen molar-refractivity contribution in [3.05, 3.63) is 30.3 Å². The van der Waals surface area contributed by atoms with Crippen molar-refractivity contribution in [2.45, 2.75) is 26.2 Å². The fraction of sp³-hybridized carbons (Fsp3) is 0.429. The maximum absolute atomic E-state index is 11.4. The molecule has 5 heteroatoms. The van der Waals surface area contributed by atoms with Gasteiger partial charge in [-0.25, -0.2) is 4.79 Å². The van der Waals surface area contributed by atoms with Crippen molar-refractivity contribution in [1.82, 2.24) is 5.32 Å². The van der Waals surface area contributed by atoms with Crippen molar-refractivity contribution >= 4 is 12.1 Å². The van der Waals surface area contributed by atoms with Gasteiger partial charge >= 0.3 is 12.1 Å². The van der Waals surface area contributed by atoms with Crippen molar-refractivity contribution in [3.63, 3.8) is 0 Å². The highest BCUT2D eigenvalue weighted by Crippen LogP contribution is 2.10. The number of aliphatic carboxylic acids is 1. The molecule has 19 heavy (non-hydrogen) atoms. The third kappa shape index (κ3) is 7.08. The first-order valence-corrected chi connectivity index (χ1v) is 6.30. The molecule has 0 saturated heterocycles. The second kappa shape index (κ2) is 8.13. The highest BCUT2D eigenvalue weighted by Gasteiger charge is 2.07. The normalized spacial score (nSPS) is 11.6. The van der Waals surface area contributed by atoms with Gasteiger partial charge in [-0.3, -0.25) is 4.79 Å². The Morgan fingerprint density at radius 2 is 1.95 bits per heavy atom. The highest BCUT2D eigenvalue weighted by molar-refractivity contribution is 5.70. The van der Waals surface area contributed by atoms with Gasteiger partial charge in [-0.2, -0.15) is 0 Å². The third-order valence-electron chi connectivity index (χ3n) is 2.71. The number of carboxylic acids is 1. The van der Waals surface area contributed by atoms with E-state index in [4.69, 9.17) is 9.84 Å². The standard InChI is InChI=1S/C14H19NO4/c1-11(7-8-13(16)17)9-10-15-14(18)19-12-5-3-2-4-6-12/h2-6,11H,7-10H2,1H3,(H,15,18)(H,16,17). The fourth-order valence-corrected chi connectivity index (χ4v) is 1.57. The number of ether oxygens (including phenoxy) is 1. The molecule has 0 bridgehead atoms. The summed E-state index contributed by atoms with van der Waals surface area (Å²) in [5.41, 5.74) is 0. The summed E-state index contributed by atoms with van der Waals surface area (Å²) in [5.74, 6) is -0.0321. The zero-order chi connectivity index (χ0) is 14.1. The fourth-order valence-electron chi connectivity index (χ4n) is 1.57. The summed E-state index contributed by atoms with van der Waals surface area (Å²) in [4.78, 5) is 21.8. The van der Waals surface area contributed by atoms with Crippen LogP contribution in [0.25, 0.3) is 0 Å². The Morgan fingerprint density at radius 3 is 2.58 bits per heavy atom. The molecule has 0 spiro atoms. The molecule has 0 radical (unpaired) electrons. The minimum absolute atomic E-state index is 0.162. The number of carboxylic acid groups (broad SMARTS) is 1. The predicted octanol–water partition coefficient (Wildman–Crippen LogP) is 2.67. The van der Waals surface area contributed by atoms with Crippen LogP contribution in [0, 0.1) is 5.92 Å². The molecular weight excluding hydrogens is 246 g/mol. The molecule has 0 aromatic heterocycles. The molecule has 0 heterocycles. The van der Waals surface area contributed by atoms with E-state index < -0.39 is 12.1 Å². The van der Waals surface area contributed by atoms with E-state index in [1.165, 1.54) is 0 Å². The molecule has 0 aliphatic heterocycles. The van der Waals surface area contributed by atoms with Gasteiger partial charge in [-0.1, -0.05) is 25.1 Å². The zero-order valence-electron chi connectivity index (χ0n) is 11.0. The molecule has 1 aromatic rings. The summed E-state index contributed by atoms with van der Waals surface area (Å²) >= 11 is 0. The number of carbonyl (C=O) groups is 2. The molecule has 1 unspecified atom stereocenters. The van der Waals surface area contributed by atoms with Crippen LogP contribution in [-0.4, -0.2) is 23.7 Å². The van der Waals surface area contributed by atoms with Crippen LogP contribution < -0.4 is 10.1 Å². The van der Waals surface area contributed by atoms with E-state index in [2.05, 4.69) is 5.32 Å². The second-order valence-electron chi connectivity index (χ2n) is 4.46. The van der Waals surface area contributed by atoms with E-state index in [0.29, 0.717) is 18.7 Å². The number of hydrogen-bond acceptors (Lipinski definition) is 3. The molecule has 5 nitrogen and oxygen atoms in total. The van der Waals surface area contributed by atoms with Crippen LogP contribution in [0.1, 0.15) is 26.2 Å². The minimum atomic E-state index is -0.789. The van der Waals surface area contributed by atoms with E-state index in [1.54, 1.807) is 24.3 Å². The third-order valence-corrected chi connectivity index (χ3v) is 2.71. The summed E-state index contributed by atoms with van der Waals surface area (Å²) in [7, 11) is 0. The van der Waals surface area contributed by atoms with Crippen LogP contribution in [0.3, 0.4) is 0 Å². The van der Waals surface area contributed by atoms with Gasteiger partial charge in [-0.05, 0) is 30.9 Å². The number of benzene rings is 1. The lowest BCUT2D eigenvalue weighted by Gasteiger charge is -2.10. The Balaban J connectivity index is 2.15. The Bertz CT molecular complexity index is 405. The number of amides is 1. The lowest BCUT2D eigenvalue weighted by atomic mass is 10.0. The molecule has 0 aliphatic carbocycles. The number of nitrogens with one attached hydrogen (secondary N) is 1. The lowest BCUT2D eigenvalue weighted by molar-refractivity contribution is -0.137. The van der Waals surface area contributed by atoms with E-state index in [1.807, 2.05) is 13.0 Å². The molecule has 1 amide bonds. The molecule has 0 fully saturated rings. The van der Waals surface area contributed by atoms with Crippen LogP contribution in [0.4, 0.5) is 4.79 Å². The first-order chi connectivity index (χ1) is 9.08. The SMILES string of the molecule is CC(CCNC(=O)Oc1ccccc1)CCC(=O)O. The van der Waals surface area contributed by atoms with E-state index in [0.717, 1.165) is 6.42 Å². The lowest BCUT2D eigenvalue weighted by Crippen LogP contribution is -2.28. The highest BCUT2D eigenvalue weighted by atomic mass is 16.6. The summed E-state index contributed by atoms with van der Waals surface area (Å²) < 4.78 is 5.05. The van der Waals surface area contributed by atoms with Gasteiger partial charge in [0.15, 0.2) is 0 Å². The molecule has 1 rings (SSSR count). The molecule has 1 atom stereocenters. The van der Waals surface area contributed by atoms with Crippen LogP contribution in [0.15, 0.2) is 30.3 Å². The van der Waals surface area contributed by atoms with Crippen molar-refractivity contribution in [3.8, 4) is 5.75 Å². The molecule has 104 valence electrons. The van der Waals surface area contributed by atoms with Crippen molar-refractivity contribution in [1.29, 1.82) is 0 Å². The molecular formula is C14H19NO4. The summed E-state index contributed by atoms with van der Waals surface area (Å²) in [6.45, 7) is 2.44. The number of para-hydroxylation sites is 1. The van der Waals surface area contributed by atoms with Crippen molar-refractivity contribution in [2.75, 3.05) is 6.54 Å². The summed E-state index contributed by atoms with van der Waals surface area (Å²) in [6.07, 6.45) is 1.02. The largest absolute Gasteiger partial charge is 0.481 e. The van der Waals surface area contributed by atoms with Gasteiger partial charge in [-0.15, -0.1) is 0 Å². The Kier molecular flexibility index (Phi) is 6.43. The number of hydrogen-bond donors (Lipinski definition) is 2.